The monoisotopic (exact) mass is 381 g/mol. The smallest absolute Gasteiger partial charge is 0.275 e. The van der Waals surface area contributed by atoms with Crippen molar-refractivity contribution in [1.29, 1.82) is 0 Å². The number of rotatable bonds is 2. The van der Waals surface area contributed by atoms with Gasteiger partial charge in [0.25, 0.3) is 17.4 Å². The summed E-state index contributed by atoms with van der Waals surface area (Å²) in [5, 5.41) is 4.87. The average Bonchev–Trinajstić information content (AvgIpc) is 3.10. The third-order valence-corrected chi connectivity index (χ3v) is 4.36. The molecule has 0 aliphatic rings. The van der Waals surface area contributed by atoms with E-state index in [1.165, 1.54) is 16.8 Å². The second-order valence-corrected chi connectivity index (χ2v) is 6.09. The van der Waals surface area contributed by atoms with Gasteiger partial charge in [-0.25, -0.2) is 4.52 Å². The second-order valence-electron chi connectivity index (χ2n) is 5.68. The third kappa shape index (κ3) is 2.91. The van der Waals surface area contributed by atoms with Gasteiger partial charge in [-0.15, -0.1) is 0 Å². The molecule has 4 rings (SSSR count). The van der Waals surface area contributed by atoms with Gasteiger partial charge < -0.3 is 4.98 Å². The van der Waals surface area contributed by atoms with Gasteiger partial charge in [-0.2, -0.15) is 5.10 Å². The summed E-state index contributed by atoms with van der Waals surface area (Å²) < 4.78 is 1.46. The van der Waals surface area contributed by atoms with Crippen LogP contribution in [0.15, 0.2) is 59.5 Å². The van der Waals surface area contributed by atoms with Gasteiger partial charge in [0, 0.05) is 0 Å². The van der Waals surface area contributed by atoms with Gasteiger partial charge in [0.05, 0.1) is 27.7 Å². The molecule has 2 heterocycles. The number of benzene rings is 2. The van der Waals surface area contributed by atoms with Crippen LogP contribution in [0, 0.1) is 0 Å². The molecule has 134 valence electrons. The molecule has 4 aromatic rings. The summed E-state index contributed by atoms with van der Waals surface area (Å²) in [7, 11) is 0. The van der Waals surface area contributed by atoms with Crippen molar-refractivity contribution in [3.05, 3.63) is 81.2 Å². The number of carbonyl (C=O) groups is 2. The largest absolute Gasteiger partial charge is 0.306 e. The molecular formula is C18H12ClN5O3. The maximum atomic E-state index is 12.5. The van der Waals surface area contributed by atoms with Gasteiger partial charge in [0.15, 0.2) is 0 Å². The molecule has 2 amide bonds. The summed E-state index contributed by atoms with van der Waals surface area (Å²) in [6.45, 7) is 0. The van der Waals surface area contributed by atoms with Crippen molar-refractivity contribution >= 4 is 40.0 Å². The van der Waals surface area contributed by atoms with E-state index < -0.39 is 11.8 Å². The number of nitrogens with one attached hydrogen (secondary N) is 3. The van der Waals surface area contributed by atoms with E-state index in [4.69, 9.17) is 11.6 Å². The lowest BCUT2D eigenvalue weighted by molar-refractivity contribution is 0.0847. The number of carbonyl (C=O) groups excluding carboxylic acids is 2. The maximum absolute atomic E-state index is 12.5. The van der Waals surface area contributed by atoms with Gasteiger partial charge >= 0.3 is 0 Å². The molecule has 0 unspecified atom stereocenters. The van der Waals surface area contributed by atoms with Crippen LogP contribution in [-0.4, -0.2) is 26.4 Å². The van der Waals surface area contributed by atoms with E-state index in [2.05, 4.69) is 20.9 Å². The lowest BCUT2D eigenvalue weighted by Crippen LogP contribution is -2.41. The quantitative estimate of drug-likeness (QED) is 0.461. The first-order valence-corrected chi connectivity index (χ1v) is 8.28. The lowest BCUT2D eigenvalue weighted by Gasteiger charge is -2.08. The van der Waals surface area contributed by atoms with E-state index >= 15 is 0 Å². The van der Waals surface area contributed by atoms with Gasteiger partial charge in [-0.3, -0.25) is 25.2 Å². The Morgan fingerprint density at radius 3 is 2.41 bits per heavy atom. The molecule has 3 N–H and O–H groups in total. The summed E-state index contributed by atoms with van der Waals surface area (Å²) in [6.07, 6.45) is 1.31. The number of hydrogen-bond donors (Lipinski definition) is 3. The molecule has 0 radical (unpaired) electrons. The fourth-order valence-corrected chi connectivity index (χ4v) is 2.96. The number of nitrogens with zero attached hydrogens (tertiary/aromatic N) is 2. The average molecular weight is 382 g/mol. The Morgan fingerprint density at radius 1 is 0.963 bits per heavy atom. The number of hydrogen-bond acceptors (Lipinski definition) is 4. The fraction of sp³-hybridized carbons (Fsp3) is 0. The predicted octanol–water partition coefficient (Wildman–Crippen LogP) is 1.90. The standard InChI is InChI=1S/C18H12ClN5O3/c19-13-7-3-1-5-10(13)17(26)22-23-18(27)12-9-20-24-14-8-4-2-6-11(14)16(25)21-15(12)24/h1-9H,(H,21,25)(H,22,26)(H,23,27). The van der Waals surface area contributed by atoms with Crippen LogP contribution in [0.2, 0.25) is 5.02 Å². The number of para-hydroxylation sites is 1. The molecule has 0 saturated heterocycles. The van der Waals surface area contributed by atoms with Crippen LogP contribution < -0.4 is 16.4 Å². The van der Waals surface area contributed by atoms with Gasteiger partial charge in [-0.1, -0.05) is 35.9 Å². The third-order valence-electron chi connectivity index (χ3n) is 4.03. The van der Waals surface area contributed by atoms with Crippen molar-refractivity contribution in [2.45, 2.75) is 0 Å². The molecule has 2 aromatic heterocycles. The Bertz CT molecular complexity index is 1260. The summed E-state index contributed by atoms with van der Waals surface area (Å²) in [4.78, 5) is 39.5. The fourth-order valence-electron chi connectivity index (χ4n) is 2.74. The molecule has 0 aliphatic carbocycles. The first-order chi connectivity index (χ1) is 13.1. The summed E-state index contributed by atoms with van der Waals surface area (Å²) in [5.74, 6) is -1.19. The zero-order valence-electron chi connectivity index (χ0n) is 13.7. The molecule has 0 spiro atoms. The Morgan fingerprint density at radius 2 is 1.63 bits per heavy atom. The molecule has 0 aliphatic heterocycles. The SMILES string of the molecule is O=C(NNC(=O)c1cnn2c1[nH]c(=O)c1ccccc12)c1ccccc1Cl. The number of hydrazine groups is 1. The normalized spacial score (nSPS) is 10.9. The van der Waals surface area contributed by atoms with Gasteiger partial charge in [0.1, 0.15) is 11.2 Å². The van der Waals surface area contributed by atoms with Gasteiger partial charge in [0.2, 0.25) is 0 Å². The molecule has 8 nitrogen and oxygen atoms in total. The molecule has 0 bridgehead atoms. The van der Waals surface area contributed by atoms with Crippen LogP contribution in [0.25, 0.3) is 16.6 Å². The molecule has 9 heteroatoms. The van der Waals surface area contributed by atoms with Crippen LogP contribution in [0.5, 0.6) is 0 Å². The van der Waals surface area contributed by atoms with E-state index in [1.807, 2.05) is 0 Å². The number of H-pyrrole nitrogens is 1. The second kappa shape index (κ2) is 6.58. The number of aromatic amines is 1. The molecular weight excluding hydrogens is 370 g/mol. The molecule has 27 heavy (non-hydrogen) atoms. The minimum absolute atomic E-state index is 0.109. The summed E-state index contributed by atoms with van der Waals surface area (Å²) in [6, 6.07) is 13.4. The van der Waals surface area contributed by atoms with Crippen molar-refractivity contribution in [2.75, 3.05) is 0 Å². The van der Waals surface area contributed by atoms with Crippen LogP contribution in [0.3, 0.4) is 0 Å². The highest BCUT2D eigenvalue weighted by Crippen LogP contribution is 2.15. The minimum Gasteiger partial charge on any atom is -0.306 e. The molecule has 2 aromatic carbocycles. The highest BCUT2D eigenvalue weighted by Gasteiger charge is 2.17. The zero-order valence-corrected chi connectivity index (χ0v) is 14.4. The molecule has 0 atom stereocenters. The number of fused-ring (bicyclic) bond motifs is 3. The van der Waals surface area contributed by atoms with Crippen molar-refractivity contribution in [2.24, 2.45) is 0 Å². The number of amides is 2. The maximum Gasteiger partial charge on any atom is 0.275 e. The molecule has 0 fully saturated rings. The van der Waals surface area contributed by atoms with Crippen LogP contribution in [-0.2, 0) is 0 Å². The zero-order chi connectivity index (χ0) is 19.0. The van der Waals surface area contributed by atoms with E-state index in [1.54, 1.807) is 42.5 Å². The first kappa shape index (κ1) is 16.8. The molecule has 0 saturated carbocycles. The number of halogens is 1. The highest BCUT2D eigenvalue weighted by molar-refractivity contribution is 6.33. The van der Waals surface area contributed by atoms with Crippen molar-refractivity contribution in [1.82, 2.24) is 25.4 Å². The van der Waals surface area contributed by atoms with Crippen LogP contribution in [0.4, 0.5) is 0 Å². The predicted molar refractivity (Wildman–Crippen MR) is 99.7 cm³/mol. The Kier molecular flexibility index (Phi) is 4.09. The first-order valence-electron chi connectivity index (χ1n) is 7.90. The number of aromatic nitrogens is 3. The van der Waals surface area contributed by atoms with E-state index in [0.717, 1.165) is 0 Å². The van der Waals surface area contributed by atoms with Crippen molar-refractivity contribution in [3.8, 4) is 0 Å². The lowest BCUT2D eigenvalue weighted by atomic mass is 10.2. The Balaban J connectivity index is 1.63. The van der Waals surface area contributed by atoms with E-state index in [9.17, 15) is 14.4 Å². The Hall–Kier alpha value is -3.65. The topological polar surface area (TPSA) is 108 Å². The van der Waals surface area contributed by atoms with Crippen LogP contribution >= 0.6 is 11.6 Å². The minimum atomic E-state index is -0.628. The van der Waals surface area contributed by atoms with Crippen molar-refractivity contribution < 1.29 is 9.59 Å². The highest BCUT2D eigenvalue weighted by atomic mass is 35.5. The summed E-state index contributed by atoms with van der Waals surface area (Å²) >= 11 is 5.96. The van der Waals surface area contributed by atoms with Crippen LogP contribution in [0.1, 0.15) is 20.7 Å². The Labute approximate surface area is 156 Å². The summed E-state index contributed by atoms with van der Waals surface area (Å²) in [5.41, 5.74) is 5.37. The van der Waals surface area contributed by atoms with E-state index in [0.29, 0.717) is 10.9 Å². The van der Waals surface area contributed by atoms with Crippen molar-refractivity contribution in [3.63, 3.8) is 0 Å². The van der Waals surface area contributed by atoms with E-state index in [-0.39, 0.29) is 27.4 Å². The van der Waals surface area contributed by atoms with Gasteiger partial charge in [-0.05, 0) is 24.3 Å².